The van der Waals surface area contributed by atoms with Gasteiger partial charge in [-0.15, -0.1) is 0 Å². The molecule has 1 aromatic heterocycles. The Balaban J connectivity index is 2.24. The van der Waals surface area contributed by atoms with Crippen molar-refractivity contribution in [1.29, 1.82) is 0 Å². The largest absolute Gasteiger partial charge is 0.308 e. The quantitative estimate of drug-likeness (QED) is 0.831. The summed E-state index contributed by atoms with van der Waals surface area (Å²) in [7, 11) is 0. The molecule has 2 rings (SSSR count). The van der Waals surface area contributed by atoms with E-state index in [1.807, 2.05) is 12.1 Å². The number of aromatic nitrogens is 1. The van der Waals surface area contributed by atoms with Crippen molar-refractivity contribution in [2.75, 3.05) is 4.90 Å². The number of pyridine rings is 1. The molecule has 0 aliphatic carbocycles. The van der Waals surface area contributed by atoms with E-state index < -0.39 is 0 Å². The highest BCUT2D eigenvalue weighted by Crippen LogP contribution is 2.17. The van der Waals surface area contributed by atoms with Crippen LogP contribution in [0.25, 0.3) is 0 Å². The summed E-state index contributed by atoms with van der Waals surface area (Å²) in [4.78, 5) is 17.2. The molecule has 1 heterocycles. The summed E-state index contributed by atoms with van der Waals surface area (Å²) in [6.45, 7) is 1.91. The number of nitrogens with zero attached hydrogens (tertiary/aromatic N) is 2. The van der Waals surface area contributed by atoms with Crippen molar-refractivity contribution in [2.45, 2.75) is 13.5 Å². The number of anilines is 1. The molecule has 0 aliphatic heterocycles. The van der Waals surface area contributed by atoms with Gasteiger partial charge >= 0.3 is 0 Å². The van der Waals surface area contributed by atoms with E-state index in [2.05, 4.69) is 4.98 Å². The van der Waals surface area contributed by atoms with E-state index in [0.29, 0.717) is 12.2 Å². The summed E-state index contributed by atoms with van der Waals surface area (Å²) in [6.07, 6.45) is 3.39. The number of hydrogen-bond acceptors (Lipinski definition) is 2. The van der Waals surface area contributed by atoms with Crippen molar-refractivity contribution in [3.8, 4) is 0 Å². The minimum absolute atomic E-state index is 0.0922. The van der Waals surface area contributed by atoms with Crippen molar-refractivity contribution >= 4 is 11.6 Å². The number of benzene rings is 1. The molecular formula is C14H13FN2O. The van der Waals surface area contributed by atoms with E-state index in [1.165, 1.54) is 19.1 Å². The second-order valence-corrected chi connectivity index (χ2v) is 3.94. The first kappa shape index (κ1) is 12.2. The van der Waals surface area contributed by atoms with Gasteiger partial charge in [0.1, 0.15) is 5.82 Å². The average molecular weight is 244 g/mol. The highest BCUT2D eigenvalue weighted by atomic mass is 19.1. The molecule has 0 fully saturated rings. The minimum Gasteiger partial charge on any atom is -0.308 e. The van der Waals surface area contributed by atoms with Crippen molar-refractivity contribution in [3.63, 3.8) is 0 Å². The minimum atomic E-state index is -0.316. The Labute approximate surface area is 105 Å². The molecule has 0 unspecified atom stereocenters. The summed E-state index contributed by atoms with van der Waals surface area (Å²) in [6, 6.07) is 9.58. The second-order valence-electron chi connectivity index (χ2n) is 3.94. The first-order chi connectivity index (χ1) is 8.66. The first-order valence-electron chi connectivity index (χ1n) is 5.59. The van der Waals surface area contributed by atoms with Crippen LogP contribution in [0.15, 0.2) is 48.8 Å². The Bertz CT molecular complexity index is 525. The lowest BCUT2D eigenvalue weighted by atomic mass is 10.2. The molecule has 0 bridgehead atoms. The Morgan fingerprint density at radius 3 is 2.56 bits per heavy atom. The van der Waals surface area contributed by atoms with Gasteiger partial charge in [0.05, 0.1) is 6.54 Å². The van der Waals surface area contributed by atoms with Crippen molar-refractivity contribution < 1.29 is 9.18 Å². The molecule has 1 amide bonds. The molecule has 0 N–H and O–H groups in total. The molecule has 92 valence electrons. The van der Waals surface area contributed by atoms with Gasteiger partial charge in [-0.3, -0.25) is 9.78 Å². The Morgan fingerprint density at radius 1 is 1.28 bits per heavy atom. The molecular weight excluding hydrogens is 231 g/mol. The van der Waals surface area contributed by atoms with Crippen LogP contribution in [0.2, 0.25) is 0 Å². The number of amides is 1. The lowest BCUT2D eigenvalue weighted by Gasteiger charge is -2.21. The average Bonchev–Trinajstić information content (AvgIpc) is 2.38. The molecule has 2 aromatic rings. The van der Waals surface area contributed by atoms with Gasteiger partial charge in [-0.25, -0.2) is 4.39 Å². The second kappa shape index (κ2) is 5.40. The highest BCUT2D eigenvalue weighted by Gasteiger charge is 2.12. The van der Waals surface area contributed by atoms with Crippen molar-refractivity contribution in [3.05, 3.63) is 60.2 Å². The third-order valence-corrected chi connectivity index (χ3v) is 2.58. The summed E-state index contributed by atoms with van der Waals surface area (Å²) < 4.78 is 12.9. The normalized spacial score (nSPS) is 10.1. The molecule has 0 spiro atoms. The molecule has 3 nitrogen and oxygen atoms in total. The lowest BCUT2D eigenvalue weighted by molar-refractivity contribution is -0.116. The number of carbonyl (C=O) groups excluding carboxylic acids is 1. The van der Waals surface area contributed by atoms with E-state index in [9.17, 15) is 9.18 Å². The zero-order valence-electron chi connectivity index (χ0n) is 10.0. The lowest BCUT2D eigenvalue weighted by Crippen LogP contribution is -2.27. The van der Waals surface area contributed by atoms with E-state index in [1.54, 1.807) is 29.4 Å². The standard InChI is InChI=1S/C14H13FN2O/c1-11(18)17(10-12-3-2-8-16-9-12)14-6-4-13(15)5-7-14/h2-9H,10H2,1H3. The van der Waals surface area contributed by atoms with Gasteiger partial charge in [0.25, 0.3) is 0 Å². The number of hydrogen-bond donors (Lipinski definition) is 0. The Hall–Kier alpha value is -2.23. The molecule has 0 aliphatic rings. The van der Waals surface area contributed by atoms with Crippen LogP contribution in [0.4, 0.5) is 10.1 Å². The van der Waals surface area contributed by atoms with Crippen LogP contribution in [0.3, 0.4) is 0 Å². The van der Waals surface area contributed by atoms with Gasteiger partial charge in [-0.1, -0.05) is 6.07 Å². The van der Waals surface area contributed by atoms with Crippen molar-refractivity contribution in [1.82, 2.24) is 4.98 Å². The number of carbonyl (C=O) groups is 1. The molecule has 18 heavy (non-hydrogen) atoms. The van der Waals surface area contributed by atoms with E-state index >= 15 is 0 Å². The number of halogens is 1. The zero-order valence-corrected chi connectivity index (χ0v) is 10.0. The third-order valence-electron chi connectivity index (χ3n) is 2.58. The molecule has 0 saturated heterocycles. The fraction of sp³-hybridized carbons (Fsp3) is 0.143. The van der Waals surface area contributed by atoms with Crippen LogP contribution in [-0.2, 0) is 11.3 Å². The molecule has 0 saturated carbocycles. The third kappa shape index (κ3) is 2.91. The summed E-state index contributed by atoms with van der Waals surface area (Å²) in [5.74, 6) is -0.408. The summed E-state index contributed by atoms with van der Waals surface area (Å²) >= 11 is 0. The Kier molecular flexibility index (Phi) is 3.67. The van der Waals surface area contributed by atoms with Crippen LogP contribution in [-0.4, -0.2) is 10.9 Å². The fourth-order valence-corrected chi connectivity index (χ4v) is 1.68. The smallest absolute Gasteiger partial charge is 0.224 e. The van der Waals surface area contributed by atoms with Gasteiger partial charge in [-0.05, 0) is 35.9 Å². The van der Waals surface area contributed by atoms with Crippen LogP contribution in [0, 0.1) is 5.82 Å². The highest BCUT2D eigenvalue weighted by molar-refractivity contribution is 5.91. The van der Waals surface area contributed by atoms with Gasteiger partial charge in [0.15, 0.2) is 0 Å². The maximum atomic E-state index is 12.9. The number of rotatable bonds is 3. The maximum absolute atomic E-state index is 12.9. The first-order valence-corrected chi connectivity index (χ1v) is 5.59. The topological polar surface area (TPSA) is 33.2 Å². The Morgan fingerprint density at radius 2 is 2.00 bits per heavy atom. The van der Waals surface area contributed by atoms with Gasteiger partial charge in [0, 0.05) is 25.0 Å². The predicted molar refractivity (Wildman–Crippen MR) is 67.5 cm³/mol. The van der Waals surface area contributed by atoms with E-state index in [4.69, 9.17) is 0 Å². The monoisotopic (exact) mass is 244 g/mol. The van der Waals surface area contributed by atoms with E-state index in [0.717, 1.165) is 5.56 Å². The predicted octanol–water partition coefficient (Wildman–Crippen LogP) is 2.77. The molecule has 0 atom stereocenters. The fourth-order valence-electron chi connectivity index (χ4n) is 1.68. The molecule has 4 heteroatoms. The molecule has 0 radical (unpaired) electrons. The SMILES string of the molecule is CC(=O)N(Cc1cccnc1)c1ccc(F)cc1. The van der Waals surface area contributed by atoms with Crippen LogP contribution >= 0.6 is 0 Å². The summed E-state index contributed by atoms with van der Waals surface area (Å²) in [5.41, 5.74) is 1.60. The van der Waals surface area contributed by atoms with Gasteiger partial charge < -0.3 is 4.90 Å². The summed E-state index contributed by atoms with van der Waals surface area (Å²) in [5, 5.41) is 0. The van der Waals surface area contributed by atoms with Crippen LogP contribution < -0.4 is 4.90 Å². The van der Waals surface area contributed by atoms with Gasteiger partial charge in [0.2, 0.25) is 5.91 Å². The maximum Gasteiger partial charge on any atom is 0.224 e. The van der Waals surface area contributed by atoms with E-state index in [-0.39, 0.29) is 11.7 Å². The van der Waals surface area contributed by atoms with Crippen LogP contribution in [0.5, 0.6) is 0 Å². The van der Waals surface area contributed by atoms with Crippen LogP contribution in [0.1, 0.15) is 12.5 Å². The molecule has 1 aromatic carbocycles. The van der Waals surface area contributed by atoms with Crippen molar-refractivity contribution in [2.24, 2.45) is 0 Å². The van der Waals surface area contributed by atoms with Gasteiger partial charge in [-0.2, -0.15) is 0 Å². The zero-order chi connectivity index (χ0) is 13.0.